The highest BCUT2D eigenvalue weighted by atomic mass is 16.5. The van der Waals surface area contributed by atoms with Crippen LogP contribution < -0.4 is 11.3 Å². The van der Waals surface area contributed by atoms with E-state index in [1.807, 2.05) is 30.3 Å². The number of nitrogens with two attached hydrogens (primary N) is 1. The van der Waals surface area contributed by atoms with Crippen LogP contribution in [0, 0.1) is 12.3 Å². The van der Waals surface area contributed by atoms with Crippen molar-refractivity contribution in [3.8, 4) is 12.3 Å². The predicted molar refractivity (Wildman–Crippen MR) is 70.0 cm³/mol. The first kappa shape index (κ1) is 13.7. The molecule has 3 nitrogen and oxygen atoms in total. The van der Waals surface area contributed by atoms with Crippen LogP contribution in [0.1, 0.15) is 30.9 Å². The average Bonchev–Trinajstić information content (AvgIpc) is 2.39. The van der Waals surface area contributed by atoms with Crippen LogP contribution in [0.5, 0.6) is 0 Å². The van der Waals surface area contributed by atoms with E-state index in [2.05, 4.69) is 11.3 Å². The summed E-state index contributed by atoms with van der Waals surface area (Å²) in [6, 6.07) is 10.1. The highest BCUT2D eigenvalue weighted by Gasteiger charge is 2.21. The molecule has 1 aromatic rings. The normalized spacial score (nSPS) is 13.9. The third-order valence-corrected chi connectivity index (χ3v) is 2.80. The van der Waals surface area contributed by atoms with Crippen molar-refractivity contribution in [2.45, 2.75) is 31.4 Å². The summed E-state index contributed by atoms with van der Waals surface area (Å²) in [7, 11) is 1.70. The van der Waals surface area contributed by atoms with Crippen molar-refractivity contribution in [1.29, 1.82) is 0 Å². The number of terminal acetylenes is 1. The molecule has 0 bridgehead atoms. The highest BCUT2D eigenvalue weighted by molar-refractivity contribution is 5.19. The van der Waals surface area contributed by atoms with Crippen LogP contribution in [0.15, 0.2) is 30.3 Å². The Morgan fingerprint density at radius 2 is 2.12 bits per heavy atom. The van der Waals surface area contributed by atoms with Gasteiger partial charge in [0.1, 0.15) is 0 Å². The summed E-state index contributed by atoms with van der Waals surface area (Å²) < 4.78 is 5.53. The van der Waals surface area contributed by atoms with Crippen LogP contribution in [0.25, 0.3) is 0 Å². The maximum Gasteiger partial charge on any atom is 0.0987 e. The van der Waals surface area contributed by atoms with Gasteiger partial charge in [-0.2, -0.15) is 0 Å². The molecule has 0 aromatic heterocycles. The van der Waals surface area contributed by atoms with E-state index >= 15 is 0 Å². The summed E-state index contributed by atoms with van der Waals surface area (Å²) in [6.07, 6.45) is 7.81. The van der Waals surface area contributed by atoms with Gasteiger partial charge in [-0.3, -0.25) is 11.3 Å². The second kappa shape index (κ2) is 7.86. The molecule has 0 spiro atoms. The molecule has 0 heterocycles. The quantitative estimate of drug-likeness (QED) is 0.327. The number of hydrogen-bond donors (Lipinski definition) is 2. The fourth-order valence-corrected chi connectivity index (χ4v) is 1.92. The molecule has 0 aliphatic rings. The van der Waals surface area contributed by atoms with E-state index in [1.54, 1.807) is 7.11 Å². The zero-order chi connectivity index (χ0) is 12.5. The minimum atomic E-state index is -0.0426. The lowest BCUT2D eigenvalue weighted by atomic mass is 9.98. The maximum absolute atomic E-state index is 5.59. The van der Waals surface area contributed by atoms with Gasteiger partial charge >= 0.3 is 0 Å². The van der Waals surface area contributed by atoms with Crippen molar-refractivity contribution >= 4 is 0 Å². The summed E-state index contributed by atoms with van der Waals surface area (Å²) in [4.78, 5) is 0. The summed E-state index contributed by atoms with van der Waals surface area (Å²) >= 11 is 0. The van der Waals surface area contributed by atoms with E-state index in [9.17, 15) is 0 Å². The molecule has 2 unspecified atom stereocenters. The summed E-state index contributed by atoms with van der Waals surface area (Å²) in [5.41, 5.74) is 3.94. The Hall–Kier alpha value is -1.34. The van der Waals surface area contributed by atoms with Gasteiger partial charge in [-0.15, -0.1) is 12.3 Å². The Morgan fingerprint density at radius 3 is 2.65 bits per heavy atom. The molecular formula is C14H20N2O. The molecule has 0 saturated carbocycles. The number of rotatable bonds is 7. The molecule has 3 N–H and O–H groups in total. The monoisotopic (exact) mass is 232 g/mol. The van der Waals surface area contributed by atoms with E-state index in [0.717, 1.165) is 24.8 Å². The summed E-state index contributed by atoms with van der Waals surface area (Å²) in [5, 5.41) is 0. The third kappa shape index (κ3) is 4.20. The van der Waals surface area contributed by atoms with Crippen LogP contribution in [-0.4, -0.2) is 13.2 Å². The number of nitrogens with one attached hydrogen (secondary N) is 1. The SMILES string of the molecule is C#CCCCC(NN)C(OC)c1ccccc1. The number of methoxy groups -OCH3 is 1. The van der Waals surface area contributed by atoms with Crippen molar-refractivity contribution < 1.29 is 4.74 Å². The minimum Gasteiger partial charge on any atom is -0.375 e. The zero-order valence-corrected chi connectivity index (χ0v) is 10.2. The van der Waals surface area contributed by atoms with Gasteiger partial charge in [-0.05, 0) is 18.4 Å². The lowest BCUT2D eigenvalue weighted by molar-refractivity contribution is 0.0644. The fraction of sp³-hybridized carbons (Fsp3) is 0.429. The van der Waals surface area contributed by atoms with Crippen LogP contribution in [0.3, 0.4) is 0 Å². The van der Waals surface area contributed by atoms with Gasteiger partial charge in [0.15, 0.2) is 0 Å². The van der Waals surface area contributed by atoms with Gasteiger partial charge in [-0.1, -0.05) is 30.3 Å². The molecule has 92 valence electrons. The molecule has 0 fully saturated rings. The number of unbranched alkanes of at least 4 members (excludes halogenated alkanes) is 1. The van der Waals surface area contributed by atoms with Crippen LogP contribution in [0.4, 0.5) is 0 Å². The van der Waals surface area contributed by atoms with Crippen molar-refractivity contribution in [2.24, 2.45) is 5.84 Å². The Bertz CT molecular complexity index is 345. The van der Waals surface area contributed by atoms with E-state index in [0.29, 0.717) is 0 Å². The summed E-state index contributed by atoms with van der Waals surface area (Å²) in [6.45, 7) is 0. The highest BCUT2D eigenvalue weighted by Crippen LogP contribution is 2.23. The standard InChI is InChI=1S/C14H20N2O/c1-3-4-6-11-13(16-15)14(17-2)12-9-7-5-8-10-12/h1,5,7-10,13-14,16H,4,6,11,15H2,2H3. The average molecular weight is 232 g/mol. The molecule has 0 aliphatic carbocycles. The van der Waals surface area contributed by atoms with Gasteiger partial charge in [0.2, 0.25) is 0 Å². The Morgan fingerprint density at radius 1 is 1.41 bits per heavy atom. The molecule has 2 atom stereocenters. The van der Waals surface area contributed by atoms with E-state index < -0.39 is 0 Å². The number of ether oxygens (including phenoxy) is 1. The minimum absolute atomic E-state index is 0.0426. The topological polar surface area (TPSA) is 47.3 Å². The van der Waals surface area contributed by atoms with Crippen LogP contribution >= 0.6 is 0 Å². The molecule has 0 aliphatic heterocycles. The molecule has 0 saturated heterocycles. The second-order valence-electron chi connectivity index (χ2n) is 3.94. The first-order valence-corrected chi connectivity index (χ1v) is 5.80. The Kier molecular flexibility index (Phi) is 6.34. The lowest BCUT2D eigenvalue weighted by Crippen LogP contribution is -2.40. The van der Waals surface area contributed by atoms with E-state index in [1.165, 1.54) is 0 Å². The Labute approximate surface area is 103 Å². The largest absolute Gasteiger partial charge is 0.375 e. The van der Waals surface area contributed by atoms with Gasteiger partial charge in [-0.25, -0.2) is 0 Å². The second-order valence-corrected chi connectivity index (χ2v) is 3.94. The lowest BCUT2D eigenvalue weighted by Gasteiger charge is -2.25. The zero-order valence-electron chi connectivity index (χ0n) is 10.2. The van der Waals surface area contributed by atoms with Crippen molar-refractivity contribution in [1.82, 2.24) is 5.43 Å². The van der Waals surface area contributed by atoms with Gasteiger partial charge < -0.3 is 4.74 Å². The molecule has 0 amide bonds. The molecule has 1 rings (SSSR count). The molecule has 0 radical (unpaired) electrons. The van der Waals surface area contributed by atoms with Crippen molar-refractivity contribution in [2.75, 3.05) is 7.11 Å². The fourth-order valence-electron chi connectivity index (χ4n) is 1.92. The smallest absolute Gasteiger partial charge is 0.0987 e. The predicted octanol–water partition coefficient (Wildman–Crippen LogP) is 2.01. The number of hydrogen-bond acceptors (Lipinski definition) is 3. The van der Waals surface area contributed by atoms with Gasteiger partial charge in [0, 0.05) is 13.5 Å². The van der Waals surface area contributed by atoms with E-state index in [4.69, 9.17) is 17.0 Å². The summed E-state index contributed by atoms with van der Waals surface area (Å²) in [5.74, 6) is 8.22. The van der Waals surface area contributed by atoms with E-state index in [-0.39, 0.29) is 12.1 Å². The molecule has 17 heavy (non-hydrogen) atoms. The first-order valence-electron chi connectivity index (χ1n) is 5.80. The Balaban J connectivity index is 2.67. The van der Waals surface area contributed by atoms with Crippen LogP contribution in [-0.2, 0) is 4.74 Å². The molecule has 1 aromatic carbocycles. The van der Waals surface area contributed by atoms with Crippen molar-refractivity contribution in [3.05, 3.63) is 35.9 Å². The number of hydrazine groups is 1. The molecule has 3 heteroatoms. The van der Waals surface area contributed by atoms with Gasteiger partial charge in [0.05, 0.1) is 12.1 Å². The molecular weight excluding hydrogens is 212 g/mol. The number of benzene rings is 1. The first-order chi connectivity index (χ1) is 8.33. The van der Waals surface area contributed by atoms with Gasteiger partial charge in [0.25, 0.3) is 0 Å². The third-order valence-electron chi connectivity index (χ3n) is 2.80. The maximum atomic E-state index is 5.59. The van der Waals surface area contributed by atoms with Crippen LogP contribution in [0.2, 0.25) is 0 Å². The van der Waals surface area contributed by atoms with Crippen molar-refractivity contribution in [3.63, 3.8) is 0 Å².